The van der Waals surface area contributed by atoms with Crippen LogP contribution in [0.1, 0.15) is 11.4 Å². The molecule has 0 aromatic heterocycles. The zero-order chi connectivity index (χ0) is 12.6. The Hall–Kier alpha value is 4.53. The molecule has 0 aliphatic heterocycles. The maximum absolute atomic E-state index is 8.88. The van der Waals surface area contributed by atoms with Crippen LogP contribution in [0.5, 0.6) is 0 Å². The maximum atomic E-state index is 8.88. The van der Waals surface area contributed by atoms with Gasteiger partial charge in [0.15, 0.2) is 0 Å². The minimum absolute atomic E-state index is 0. The third kappa shape index (κ3) is 382. The van der Waals surface area contributed by atoms with E-state index in [2.05, 4.69) is 0 Å². The fraction of sp³-hybridized carbons (Fsp3) is 0. The Morgan fingerprint density at radius 1 is 0.667 bits per heavy atom. The number of carbonyl (C=O) groups is 1. The van der Waals surface area contributed by atoms with Crippen molar-refractivity contribution in [3.05, 3.63) is 0 Å². The maximum Gasteiger partial charge on any atom is 2.00 e. The van der Waals surface area contributed by atoms with Gasteiger partial charge >= 0.3 is 173 Å². The zero-order valence-corrected chi connectivity index (χ0v) is 19.6. The van der Waals surface area contributed by atoms with Crippen molar-refractivity contribution >= 4 is 173 Å². The van der Waals surface area contributed by atoms with Crippen LogP contribution in [-0.4, -0.2) is 197 Å². The molecule has 0 aliphatic carbocycles. The van der Waals surface area contributed by atoms with E-state index in [0.29, 0.717) is 0 Å². The average molecular weight is 426 g/mol. The van der Waals surface area contributed by atoms with E-state index in [1.165, 1.54) is 0 Å². The standard InChI is InChI=1S/CH2O3.4Ca.2H3O4P.8H/c2-1(3)4;;;;;2*1-5(2,3)4;;;;;;;;/h(H2,2,3,4);;;;;2*(H3,1,2,3,4);;;;;;;;/q;4*+2;;;8*-1. The van der Waals surface area contributed by atoms with Gasteiger partial charge in [-0.15, -0.1) is 0 Å². The van der Waals surface area contributed by atoms with Crippen molar-refractivity contribution in [2.75, 3.05) is 0 Å². The topological polar surface area (TPSA) is 213 Å². The molecular weight excluding hydrogens is 410 g/mol. The number of phosphoric acid groups is 2. The summed E-state index contributed by atoms with van der Waals surface area (Å²) in [6.45, 7) is 0. The van der Waals surface area contributed by atoms with Gasteiger partial charge < -0.3 is 51.0 Å². The predicted molar refractivity (Wildman–Crippen MR) is 71.1 cm³/mol. The fourth-order valence-electron chi connectivity index (χ4n) is 0. The average Bonchev–Trinajstić information content (AvgIpc) is 1.45. The molecule has 0 aliphatic rings. The first kappa shape index (κ1) is 43.3. The van der Waals surface area contributed by atoms with E-state index in [-0.39, 0.29) is 162 Å². The normalized spacial score (nSPS) is 7.89. The van der Waals surface area contributed by atoms with E-state index in [1.54, 1.807) is 0 Å². The van der Waals surface area contributed by atoms with Crippen LogP contribution in [0, 0.1) is 0 Å². The molecular formula is CH16Ca4O11P2. The molecule has 0 bridgehead atoms. The number of carboxylic acid groups (broad SMARTS) is 2. The van der Waals surface area contributed by atoms with Gasteiger partial charge in [-0.2, -0.15) is 0 Å². The first-order valence-corrected chi connectivity index (χ1v) is 5.35. The van der Waals surface area contributed by atoms with Crippen LogP contribution in [0.15, 0.2) is 0 Å². The second-order valence-corrected chi connectivity index (χ2v) is 3.36. The van der Waals surface area contributed by atoms with E-state index in [4.69, 9.17) is 53.5 Å². The summed E-state index contributed by atoms with van der Waals surface area (Å²) in [7, 11) is -9.28. The summed E-state index contributed by atoms with van der Waals surface area (Å²) in [6, 6.07) is 0. The van der Waals surface area contributed by atoms with Gasteiger partial charge in [-0.1, -0.05) is 0 Å². The van der Waals surface area contributed by atoms with Crippen molar-refractivity contribution in [2.24, 2.45) is 0 Å². The summed E-state index contributed by atoms with van der Waals surface area (Å²) in [5.74, 6) is 0. The van der Waals surface area contributed by atoms with Crippen LogP contribution in [0.25, 0.3) is 0 Å². The molecule has 0 unspecified atom stereocenters. The molecule has 0 radical (unpaired) electrons. The van der Waals surface area contributed by atoms with Crippen molar-refractivity contribution in [3.63, 3.8) is 0 Å². The molecule has 17 heteroatoms. The van der Waals surface area contributed by atoms with E-state index in [9.17, 15) is 0 Å². The minimum Gasteiger partial charge on any atom is -1.00 e. The van der Waals surface area contributed by atoms with Gasteiger partial charge in [0.25, 0.3) is 0 Å². The predicted octanol–water partition coefficient (Wildman–Crippen LogP) is -2.26. The van der Waals surface area contributed by atoms with Gasteiger partial charge in [-0.25, -0.2) is 13.9 Å². The number of rotatable bonds is 0. The Balaban J connectivity index is -0.00000000438. The molecule has 11 nitrogen and oxygen atoms in total. The Bertz CT molecular complexity index is 226. The Kier molecular flexibility index (Phi) is 57.2. The molecule has 104 valence electrons. The summed E-state index contributed by atoms with van der Waals surface area (Å²) >= 11 is 0. The van der Waals surface area contributed by atoms with Gasteiger partial charge in [0.1, 0.15) is 0 Å². The summed E-state index contributed by atoms with van der Waals surface area (Å²) < 4.78 is 17.8. The van der Waals surface area contributed by atoms with E-state index < -0.39 is 21.8 Å². The molecule has 0 atom stereocenters. The molecule has 0 aromatic rings. The van der Waals surface area contributed by atoms with Gasteiger partial charge in [0, 0.05) is 0 Å². The molecule has 0 aromatic carbocycles. The van der Waals surface area contributed by atoms with Crippen molar-refractivity contribution in [2.45, 2.75) is 0 Å². The quantitative estimate of drug-likeness (QED) is 0.153. The van der Waals surface area contributed by atoms with Crippen molar-refractivity contribution < 1.29 is 64.9 Å². The van der Waals surface area contributed by atoms with E-state index in [1.807, 2.05) is 0 Å². The summed E-state index contributed by atoms with van der Waals surface area (Å²) in [6.07, 6.45) is -1.83. The molecule has 0 saturated heterocycles. The molecule has 8 N–H and O–H groups in total. The SMILES string of the molecule is O=C(O)O.O=P(O)(O)O.O=P(O)(O)O.[Ca+2].[Ca+2].[Ca+2].[Ca+2].[H-].[H-].[H-].[H-].[H-].[H-].[H-].[H-]. The van der Waals surface area contributed by atoms with Crippen molar-refractivity contribution in [1.82, 2.24) is 0 Å². The zero-order valence-electron chi connectivity index (χ0n) is 17.0. The summed E-state index contributed by atoms with van der Waals surface area (Å²) in [4.78, 5) is 51.7. The second-order valence-electron chi connectivity index (χ2n) is 1.31. The first-order chi connectivity index (χ1) is 5.73. The Morgan fingerprint density at radius 3 is 0.667 bits per heavy atom. The van der Waals surface area contributed by atoms with E-state index in [0.717, 1.165) is 0 Å². The second kappa shape index (κ2) is 23.8. The van der Waals surface area contributed by atoms with Gasteiger partial charge in [0.05, 0.1) is 0 Å². The summed E-state index contributed by atoms with van der Waals surface area (Å²) in [5.41, 5.74) is 0. The smallest absolute Gasteiger partial charge is 1.00 e. The number of hydrogen-bond acceptors (Lipinski definition) is 3. The van der Waals surface area contributed by atoms with Crippen molar-refractivity contribution in [1.29, 1.82) is 0 Å². The third-order valence-corrected chi connectivity index (χ3v) is 0. The molecule has 0 spiro atoms. The minimum atomic E-state index is -4.64. The molecule has 0 fully saturated rings. The molecule has 0 saturated carbocycles. The van der Waals surface area contributed by atoms with Crippen LogP contribution in [0.3, 0.4) is 0 Å². The molecule has 0 heterocycles. The Labute approximate surface area is 233 Å². The van der Waals surface area contributed by atoms with Gasteiger partial charge in [-0.05, 0) is 0 Å². The number of hydrogen-bond donors (Lipinski definition) is 8. The van der Waals surface area contributed by atoms with Crippen LogP contribution in [0.2, 0.25) is 0 Å². The molecule has 18 heavy (non-hydrogen) atoms. The van der Waals surface area contributed by atoms with Gasteiger partial charge in [-0.3, -0.25) is 0 Å². The van der Waals surface area contributed by atoms with Crippen LogP contribution in [-0.2, 0) is 9.13 Å². The van der Waals surface area contributed by atoms with Gasteiger partial charge in [0.2, 0.25) is 0 Å². The third-order valence-electron chi connectivity index (χ3n) is 0. The summed E-state index contributed by atoms with van der Waals surface area (Å²) in [5, 5.41) is 13.9. The fourth-order valence-corrected chi connectivity index (χ4v) is 0. The van der Waals surface area contributed by atoms with Crippen LogP contribution >= 0.6 is 15.6 Å². The Morgan fingerprint density at radius 2 is 0.667 bits per heavy atom. The van der Waals surface area contributed by atoms with Crippen molar-refractivity contribution in [3.8, 4) is 0 Å². The van der Waals surface area contributed by atoms with Crippen LogP contribution < -0.4 is 0 Å². The molecule has 0 rings (SSSR count). The molecule has 0 amide bonds. The van der Waals surface area contributed by atoms with E-state index >= 15 is 0 Å². The largest absolute Gasteiger partial charge is 2.00 e. The van der Waals surface area contributed by atoms with Crippen LogP contribution in [0.4, 0.5) is 4.79 Å². The first-order valence-electron chi connectivity index (χ1n) is 2.22. The monoisotopic (exact) mass is 426 g/mol.